The average Bonchev–Trinajstić information content (AvgIpc) is 3.17. The Balaban J connectivity index is 1.50. The predicted molar refractivity (Wildman–Crippen MR) is 119 cm³/mol. The Labute approximate surface area is 170 Å². The van der Waals surface area contributed by atoms with Gasteiger partial charge in [-0.25, -0.2) is 9.97 Å². The van der Waals surface area contributed by atoms with E-state index in [1.807, 2.05) is 29.1 Å². The molecule has 1 fully saturated rings. The van der Waals surface area contributed by atoms with Gasteiger partial charge in [0.05, 0.1) is 22.2 Å². The van der Waals surface area contributed by atoms with Gasteiger partial charge in [0, 0.05) is 24.5 Å². The van der Waals surface area contributed by atoms with E-state index in [-0.39, 0.29) is 0 Å². The minimum atomic E-state index is -0.460. The van der Waals surface area contributed by atoms with Gasteiger partial charge in [0.15, 0.2) is 0 Å². The van der Waals surface area contributed by atoms with Crippen LogP contribution in [0.25, 0.3) is 27.8 Å². The Bertz CT molecular complexity index is 1150. The van der Waals surface area contributed by atoms with Gasteiger partial charge in [-0.1, -0.05) is 24.3 Å². The molecule has 2 aromatic carbocycles. The molecular formula is C22H24BN5O. The van der Waals surface area contributed by atoms with Gasteiger partial charge in [-0.05, 0) is 50.0 Å². The lowest BCUT2D eigenvalue weighted by Crippen LogP contribution is -2.47. The van der Waals surface area contributed by atoms with E-state index in [1.165, 1.54) is 5.69 Å². The van der Waals surface area contributed by atoms with Crippen molar-refractivity contribution in [1.29, 1.82) is 0 Å². The molecule has 5 rings (SSSR count). The highest BCUT2D eigenvalue weighted by Gasteiger charge is 2.22. The van der Waals surface area contributed by atoms with Crippen LogP contribution in [0.4, 0.5) is 5.69 Å². The first-order chi connectivity index (χ1) is 14.2. The molecule has 1 aliphatic rings. The van der Waals surface area contributed by atoms with Gasteiger partial charge in [-0.3, -0.25) is 4.57 Å². The molecule has 3 heterocycles. The molecule has 0 bridgehead atoms. The van der Waals surface area contributed by atoms with E-state index < -0.39 is 7.05 Å². The largest absolute Gasteiger partial charge is 0.437 e. The standard InChI is InChI=1S/C22H24BN5O/c1-23(29)26-17-11-13-27(14-12-17)20-8-4-5-16-9-10-21(25-22(16)20)28-15-24-18-6-2-3-7-19(18)28/h2-10,15,17,26,29H,11-14H2,1H3. The van der Waals surface area contributed by atoms with Crippen LogP contribution in [0.15, 0.2) is 60.9 Å². The fourth-order valence-electron chi connectivity index (χ4n) is 4.28. The van der Waals surface area contributed by atoms with Crippen molar-refractivity contribution >= 4 is 34.7 Å². The Morgan fingerprint density at radius 2 is 1.86 bits per heavy atom. The van der Waals surface area contributed by atoms with E-state index in [0.717, 1.165) is 53.7 Å². The molecule has 2 N–H and O–H groups in total. The lowest BCUT2D eigenvalue weighted by Gasteiger charge is -2.34. The van der Waals surface area contributed by atoms with Crippen LogP contribution < -0.4 is 10.1 Å². The first kappa shape index (κ1) is 18.2. The molecule has 146 valence electrons. The number of nitrogens with one attached hydrogen (secondary N) is 1. The number of benzene rings is 2. The third-order valence-electron chi connectivity index (χ3n) is 5.70. The Hall–Kier alpha value is -2.90. The summed E-state index contributed by atoms with van der Waals surface area (Å²) in [6.45, 7) is 3.68. The van der Waals surface area contributed by atoms with Crippen molar-refractivity contribution in [3.63, 3.8) is 0 Å². The summed E-state index contributed by atoms with van der Waals surface area (Å²) >= 11 is 0. The topological polar surface area (TPSA) is 66.2 Å². The monoisotopic (exact) mass is 385 g/mol. The highest BCUT2D eigenvalue weighted by Crippen LogP contribution is 2.29. The lowest BCUT2D eigenvalue weighted by molar-refractivity contribution is 0.441. The lowest BCUT2D eigenvalue weighted by atomic mass is 9.85. The van der Waals surface area contributed by atoms with Crippen molar-refractivity contribution in [2.75, 3.05) is 18.0 Å². The molecule has 29 heavy (non-hydrogen) atoms. The first-order valence-electron chi connectivity index (χ1n) is 10.2. The minimum Gasteiger partial charge on any atom is -0.437 e. The number of aromatic nitrogens is 3. The number of para-hydroxylation sites is 3. The second kappa shape index (κ2) is 7.50. The summed E-state index contributed by atoms with van der Waals surface area (Å²) in [6, 6.07) is 19.0. The van der Waals surface area contributed by atoms with E-state index >= 15 is 0 Å². The second-order valence-corrected chi connectivity index (χ2v) is 7.73. The smallest absolute Gasteiger partial charge is 0.373 e. The summed E-state index contributed by atoms with van der Waals surface area (Å²) in [7, 11) is -0.460. The number of imidazole rings is 1. The number of anilines is 1. The number of nitrogens with zero attached hydrogens (tertiary/aromatic N) is 4. The summed E-state index contributed by atoms with van der Waals surface area (Å²) in [5.41, 5.74) is 4.21. The van der Waals surface area contributed by atoms with Crippen molar-refractivity contribution in [1.82, 2.24) is 19.8 Å². The maximum absolute atomic E-state index is 9.58. The SMILES string of the molecule is CB(O)NC1CCN(c2cccc3ccc(-n4cnc5ccccc54)nc23)CC1. The molecule has 2 aromatic heterocycles. The van der Waals surface area contributed by atoms with Crippen LogP contribution in [0.1, 0.15) is 12.8 Å². The molecule has 7 heteroatoms. The number of hydrogen-bond donors (Lipinski definition) is 2. The molecule has 0 spiro atoms. The maximum atomic E-state index is 9.58. The second-order valence-electron chi connectivity index (χ2n) is 7.73. The summed E-state index contributed by atoms with van der Waals surface area (Å²) < 4.78 is 2.05. The highest BCUT2D eigenvalue weighted by molar-refractivity contribution is 6.45. The van der Waals surface area contributed by atoms with Crippen LogP contribution in [0.2, 0.25) is 6.82 Å². The normalized spacial score (nSPS) is 15.3. The van der Waals surface area contributed by atoms with E-state index in [9.17, 15) is 5.02 Å². The van der Waals surface area contributed by atoms with E-state index in [2.05, 4.69) is 51.5 Å². The van der Waals surface area contributed by atoms with Gasteiger partial charge in [-0.2, -0.15) is 0 Å². The van der Waals surface area contributed by atoms with Crippen molar-refractivity contribution in [2.24, 2.45) is 0 Å². The van der Waals surface area contributed by atoms with Crippen molar-refractivity contribution in [3.05, 3.63) is 60.9 Å². The third kappa shape index (κ3) is 3.47. The van der Waals surface area contributed by atoms with Gasteiger partial charge >= 0.3 is 7.05 Å². The van der Waals surface area contributed by atoms with Crippen LogP contribution in [-0.4, -0.2) is 45.7 Å². The summed E-state index contributed by atoms with van der Waals surface area (Å²) in [4.78, 5) is 11.9. The molecular weight excluding hydrogens is 361 g/mol. The van der Waals surface area contributed by atoms with Gasteiger partial charge in [0.25, 0.3) is 0 Å². The van der Waals surface area contributed by atoms with E-state index in [4.69, 9.17) is 4.98 Å². The fraction of sp³-hybridized carbons (Fsp3) is 0.273. The van der Waals surface area contributed by atoms with Gasteiger partial charge in [0.2, 0.25) is 0 Å². The maximum Gasteiger partial charge on any atom is 0.373 e. The molecule has 1 aliphatic heterocycles. The van der Waals surface area contributed by atoms with Crippen molar-refractivity contribution < 1.29 is 5.02 Å². The average molecular weight is 385 g/mol. The molecule has 0 unspecified atom stereocenters. The van der Waals surface area contributed by atoms with Crippen molar-refractivity contribution in [2.45, 2.75) is 25.7 Å². The number of hydrogen-bond acceptors (Lipinski definition) is 5. The molecule has 0 saturated carbocycles. The molecule has 0 atom stereocenters. The van der Waals surface area contributed by atoms with Crippen molar-refractivity contribution in [3.8, 4) is 5.82 Å². The number of rotatable bonds is 4. The zero-order valence-electron chi connectivity index (χ0n) is 16.5. The van der Waals surface area contributed by atoms with Crippen LogP contribution in [0.3, 0.4) is 0 Å². The predicted octanol–water partition coefficient (Wildman–Crippen LogP) is 3.24. The summed E-state index contributed by atoms with van der Waals surface area (Å²) in [5, 5.41) is 14.0. The van der Waals surface area contributed by atoms with E-state index in [0.29, 0.717) is 6.04 Å². The molecule has 0 amide bonds. The van der Waals surface area contributed by atoms with Gasteiger partial charge < -0.3 is 15.2 Å². The Morgan fingerprint density at radius 3 is 2.69 bits per heavy atom. The summed E-state index contributed by atoms with van der Waals surface area (Å²) in [5.74, 6) is 0.879. The quantitative estimate of drug-likeness (QED) is 0.528. The third-order valence-corrected chi connectivity index (χ3v) is 5.70. The Kier molecular flexibility index (Phi) is 4.69. The number of piperidine rings is 1. The molecule has 1 saturated heterocycles. The fourth-order valence-corrected chi connectivity index (χ4v) is 4.28. The molecule has 4 aromatic rings. The first-order valence-corrected chi connectivity index (χ1v) is 10.2. The van der Waals surface area contributed by atoms with Crippen LogP contribution >= 0.6 is 0 Å². The highest BCUT2D eigenvalue weighted by atomic mass is 16.2. The van der Waals surface area contributed by atoms with Crippen LogP contribution in [-0.2, 0) is 0 Å². The number of fused-ring (bicyclic) bond motifs is 2. The zero-order chi connectivity index (χ0) is 19.8. The molecule has 0 radical (unpaired) electrons. The minimum absolute atomic E-state index is 0.363. The zero-order valence-corrected chi connectivity index (χ0v) is 16.5. The van der Waals surface area contributed by atoms with Gasteiger partial charge in [0.1, 0.15) is 12.1 Å². The van der Waals surface area contributed by atoms with Crippen LogP contribution in [0.5, 0.6) is 0 Å². The summed E-state index contributed by atoms with van der Waals surface area (Å²) in [6.07, 6.45) is 3.86. The molecule has 0 aliphatic carbocycles. The van der Waals surface area contributed by atoms with E-state index in [1.54, 1.807) is 6.82 Å². The molecule has 6 nitrogen and oxygen atoms in total. The Morgan fingerprint density at radius 1 is 1.03 bits per heavy atom. The number of pyridine rings is 1. The van der Waals surface area contributed by atoms with Crippen LogP contribution in [0, 0.1) is 0 Å². The van der Waals surface area contributed by atoms with Gasteiger partial charge in [-0.15, -0.1) is 0 Å².